The number of nitrogens with two attached hydrogens (primary N) is 1. The van der Waals surface area contributed by atoms with Crippen LogP contribution in [0.4, 0.5) is 4.39 Å². The van der Waals surface area contributed by atoms with E-state index in [1.165, 1.54) is 24.3 Å². The predicted molar refractivity (Wildman–Crippen MR) is 62.1 cm³/mol. The lowest BCUT2D eigenvalue weighted by Gasteiger charge is -2.07. The van der Waals surface area contributed by atoms with Gasteiger partial charge in [0.05, 0.1) is 5.75 Å². The van der Waals surface area contributed by atoms with Crippen molar-refractivity contribution in [2.45, 2.75) is 5.75 Å². The van der Waals surface area contributed by atoms with E-state index >= 15 is 0 Å². The van der Waals surface area contributed by atoms with E-state index in [0.717, 1.165) is 0 Å². The first-order valence-corrected chi connectivity index (χ1v) is 6.24. The van der Waals surface area contributed by atoms with E-state index < -0.39 is 15.8 Å². The minimum Gasteiger partial charge on any atom is -0.375 e. The van der Waals surface area contributed by atoms with Gasteiger partial charge in [0.15, 0.2) is 5.11 Å². The van der Waals surface area contributed by atoms with Gasteiger partial charge in [-0.15, -0.1) is 4.83 Å². The fraction of sp³-hybridized carbons (Fsp3) is 0.125. The Morgan fingerprint density at radius 1 is 1.38 bits per heavy atom. The number of thiocarbonyl (C=S) groups is 1. The Labute approximate surface area is 97.9 Å². The van der Waals surface area contributed by atoms with Crippen LogP contribution in [-0.4, -0.2) is 13.5 Å². The van der Waals surface area contributed by atoms with E-state index in [2.05, 4.69) is 17.6 Å². The smallest absolute Gasteiger partial charge is 0.232 e. The maximum Gasteiger partial charge on any atom is 0.232 e. The van der Waals surface area contributed by atoms with Gasteiger partial charge in [0.2, 0.25) is 10.0 Å². The van der Waals surface area contributed by atoms with Gasteiger partial charge in [-0.3, -0.25) is 5.43 Å². The van der Waals surface area contributed by atoms with Crippen molar-refractivity contribution in [3.63, 3.8) is 0 Å². The molecule has 88 valence electrons. The molecule has 1 aromatic rings. The van der Waals surface area contributed by atoms with E-state index in [0.29, 0.717) is 5.56 Å². The molecule has 8 heteroatoms. The molecule has 0 fully saturated rings. The zero-order valence-corrected chi connectivity index (χ0v) is 9.74. The maximum atomic E-state index is 12.6. The summed E-state index contributed by atoms with van der Waals surface area (Å²) in [7, 11) is -3.59. The summed E-state index contributed by atoms with van der Waals surface area (Å²) in [5, 5.41) is -0.178. The summed E-state index contributed by atoms with van der Waals surface area (Å²) in [4.78, 5) is 1.98. The Morgan fingerprint density at radius 2 is 1.94 bits per heavy atom. The number of sulfonamides is 1. The molecule has 1 aromatic carbocycles. The largest absolute Gasteiger partial charge is 0.375 e. The van der Waals surface area contributed by atoms with Crippen molar-refractivity contribution in [1.82, 2.24) is 10.3 Å². The molecule has 0 aliphatic heterocycles. The first-order valence-electron chi connectivity index (χ1n) is 4.18. The van der Waals surface area contributed by atoms with Crippen LogP contribution >= 0.6 is 12.2 Å². The van der Waals surface area contributed by atoms with Gasteiger partial charge in [-0.05, 0) is 29.9 Å². The molecule has 0 saturated carbocycles. The minimum atomic E-state index is -3.59. The molecule has 0 radical (unpaired) electrons. The van der Waals surface area contributed by atoms with Crippen molar-refractivity contribution in [2.75, 3.05) is 0 Å². The van der Waals surface area contributed by atoms with Gasteiger partial charge in [-0.25, -0.2) is 12.8 Å². The van der Waals surface area contributed by atoms with E-state index in [9.17, 15) is 12.8 Å². The van der Waals surface area contributed by atoms with Gasteiger partial charge in [0.1, 0.15) is 5.82 Å². The highest BCUT2D eigenvalue weighted by molar-refractivity contribution is 7.88. The Bertz CT molecular complexity index is 473. The molecule has 0 atom stereocenters. The van der Waals surface area contributed by atoms with E-state index in [1.807, 2.05) is 4.83 Å². The number of benzene rings is 1. The number of rotatable bonds is 4. The van der Waals surface area contributed by atoms with Crippen molar-refractivity contribution >= 4 is 27.4 Å². The summed E-state index contributed by atoms with van der Waals surface area (Å²) in [6.07, 6.45) is 0. The predicted octanol–water partition coefficient (Wildman–Crippen LogP) is -0.00670. The maximum absolute atomic E-state index is 12.6. The molecule has 16 heavy (non-hydrogen) atoms. The Hall–Kier alpha value is -1.25. The number of hydrazine groups is 1. The van der Waals surface area contributed by atoms with E-state index in [-0.39, 0.29) is 10.9 Å². The first kappa shape index (κ1) is 12.8. The van der Waals surface area contributed by atoms with Crippen LogP contribution < -0.4 is 16.0 Å². The lowest BCUT2D eigenvalue weighted by Crippen LogP contribution is -2.44. The van der Waals surface area contributed by atoms with Crippen LogP contribution in [0.15, 0.2) is 24.3 Å². The minimum absolute atomic E-state index is 0.178. The molecule has 0 heterocycles. The first-order chi connectivity index (χ1) is 7.39. The van der Waals surface area contributed by atoms with Gasteiger partial charge in [-0.2, -0.15) is 0 Å². The molecule has 0 bridgehead atoms. The summed E-state index contributed by atoms with van der Waals surface area (Å²) < 4.78 is 35.4. The summed E-state index contributed by atoms with van der Waals surface area (Å²) >= 11 is 4.44. The van der Waals surface area contributed by atoms with Gasteiger partial charge >= 0.3 is 0 Å². The van der Waals surface area contributed by atoms with Crippen LogP contribution in [0.25, 0.3) is 0 Å². The molecule has 0 unspecified atom stereocenters. The van der Waals surface area contributed by atoms with Crippen LogP contribution in [-0.2, 0) is 15.8 Å². The lowest BCUT2D eigenvalue weighted by molar-refractivity contribution is 0.576. The van der Waals surface area contributed by atoms with Crippen molar-refractivity contribution in [1.29, 1.82) is 0 Å². The van der Waals surface area contributed by atoms with Crippen LogP contribution in [0.2, 0.25) is 0 Å². The zero-order valence-electron chi connectivity index (χ0n) is 8.10. The molecule has 0 aliphatic carbocycles. The SMILES string of the molecule is NC(=S)NNS(=O)(=O)Cc1ccc(F)cc1. The van der Waals surface area contributed by atoms with Crippen LogP contribution in [0.3, 0.4) is 0 Å². The second-order valence-electron chi connectivity index (χ2n) is 2.98. The summed E-state index contributed by atoms with van der Waals surface area (Å²) in [5.74, 6) is -0.710. The van der Waals surface area contributed by atoms with Crippen LogP contribution in [0.5, 0.6) is 0 Å². The summed E-state index contributed by atoms with van der Waals surface area (Å²) in [6.45, 7) is 0. The standard InChI is InChI=1S/C8H10FN3O2S2/c9-7-3-1-6(2-4-7)5-16(13,14)12-11-8(10)15/h1-4,12H,5H2,(H3,10,11,15). The highest BCUT2D eigenvalue weighted by Gasteiger charge is 2.10. The molecule has 5 nitrogen and oxygen atoms in total. The van der Waals surface area contributed by atoms with E-state index in [1.54, 1.807) is 0 Å². The quantitative estimate of drug-likeness (QED) is 0.526. The van der Waals surface area contributed by atoms with Gasteiger partial charge in [0, 0.05) is 0 Å². The van der Waals surface area contributed by atoms with Gasteiger partial charge < -0.3 is 5.73 Å². The van der Waals surface area contributed by atoms with Gasteiger partial charge in [-0.1, -0.05) is 12.1 Å². The Morgan fingerprint density at radius 3 is 2.44 bits per heavy atom. The molecule has 0 saturated heterocycles. The monoisotopic (exact) mass is 263 g/mol. The normalized spacial score (nSPS) is 11.1. The van der Waals surface area contributed by atoms with Crippen molar-refractivity contribution < 1.29 is 12.8 Å². The second kappa shape index (κ2) is 5.19. The van der Waals surface area contributed by atoms with E-state index in [4.69, 9.17) is 5.73 Å². The molecule has 0 spiro atoms. The van der Waals surface area contributed by atoms with Crippen LogP contribution in [0.1, 0.15) is 5.56 Å². The summed E-state index contributed by atoms with van der Waals surface area (Å²) in [6, 6.07) is 5.14. The Balaban J connectivity index is 2.65. The topological polar surface area (TPSA) is 84.2 Å². The molecule has 4 N–H and O–H groups in total. The van der Waals surface area contributed by atoms with Crippen LogP contribution in [0, 0.1) is 5.82 Å². The number of nitrogens with one attached hydrogen (secondary N) is 2. The highest BCUT2D eigenvalue weighted by Crippen LogP contribution is 2.05. The molecular weight excluding hydrogens is 253 g/mol. The third-order valence-corrected chi connectivity index (χ3v) is 2.83. The lowest BCUT2D eigenvalue weighted by atomic mass is 10.2. The van der Waals surface area contributed by atoms with Crippen molar-refractivity contribution in [3.8, 4) is 0 Å². The molecule has 1 rings (SSSR count). The zero-order chi connectivity index (χ0) is 12.2. The van der Waals surface area contributed by atoms with Crippen molar-refractivity contribution in [2.24, 2.45) is 5.73 Å². The Kier molecular flexibility index (Phi) is 4.16. The number of hydrogen-bond donors (Lipinski definition) is 3. The fourth-order valence-corrected chi connectivity index (χ4v) is 2.05. The third kappa shape index (κ3) is 4.51. The average molecular weight is 263 g/mol. The van der Waals surface area contributed by atoms with Crippen molar-refractivity contribution in [3.05, 3.63) is 35.6 Å². The summed E-state index contributed by atoms with van der Waals surface area (Å²) in [5.41, 5.74) is 7.63. The second-order valence-corrected chi connectivity index (χ2v) is 5.14. The average Bonchev–Trinajstić information content (AvgIpc) is 2.19. The van der Waals surface area contributed by atoms with Gasteiger partial charge in [0.25, 0.3) is 0 Å². The fourth-order valence-electron chi connectivity index (χ4n) is 0.964. The molecular formula is C8H10FN3O2S2. The molecule has 0 aliphatic rings. The number of hydrogen-bond acceptors (Lipinski definition) is 3. The highest BCUT2D eigenvalue weighted by atomic mass is 32.2. The molecule has 0 amide bonds. The molecule has 0 aromatic heterocycles. The number of halogens is 1. The third-order valence-electron chi connectivity index (χ3n) is 1.60.